The quantitative estimate of drug-likeness (QED) is 0.449. The lowest BCUT2D eigenvalue weighted by molar-refractivity contribution is -0.385. The molecule has 7 heteroatoms. The van der Waals surface area contributed by atoms with Crippen LogP contribution in [0.15, 0.2) is 42.5 Å². The zero-order valence-corrected chi connectivity index (χ0v) is 12.3. The highest BCUT2D eigenvalue weighted by atomic mass is 35.5. The first-order valence-corrected chi connectivity index (χ1v) is 6.77. The highest BCUT2D eigenvalue weighted by Crippen LogP contribution is 2.30. The van der Waals surface area contributed by atoms with Gasteiger partial charge in [0.15, 0.2) is 5.75 Å². The van der Waals surface area contributed by atoms with Crippen molar-refractivity contribution in [1.82, 2.24) is 0 Å². The van der Waals surface area contributed by atoms with Crippen molar-refractivity contribution in [3.05, 3.63) is 62.6 Å². The molecule has 21 heavy (non-hydrogen) atoms. The molecule has 2 rings (SSSR count). The summed E-state index contributed by atoms with van der Waals surface area (Å²) >= 11 is 11.7. The summed E-state index contributed by atoms with van der Waals surface area (Å²) in [6, 6.07) is 11.3. The minimum Gasteiger partial charge on any atom is -0.488 e. The number of nitro benzene ring substituents is 1. The maximum atomic E-state index is 10.9. The van der Waals surface area contributed by atoms with Gasteiger partial charge in [-0.05, 0) is 24.3 Å². The van der Waals surface area contributed by atoms with Crippen LogP contribution in [0.2, 0.25) is 10.0 Å². The van der Waals surface area contributed by atoms with Gasteiger partial charge in [0.25, 0.3) is 0 Å². The minimum atomic E-state index is -0.546. The van der Waals surface area contributed by atoms with Crippen LogP contribution in [0.1, 0.15) is 0 Å². The van der Waals surface area contributed by atoms with Crippen molar-refractivity contribution in [3.63, 3.8) is 0 Å². The fraction of sp³-hybridized carbons (Fsp3) is 0.143. The Morgan fingerprint density at radius 3 is 2.33 bits per heavy atom. The topological polar surface area (TPSA) is 61.6 Å². The number of para-hydroxylation sites is 1. The second-order valence-corrected chi connectivity index (χ2v) is 4.84. The second-order valence-electron chi connectivity index (χ2n) is 4.00. The summed E-state index contributed by atoms with van der Waals surface area (Å²) in [5.74, 6) is 0.681. The van der Waals surface area contributed by atoms with E-state index >= 15 is 0 Å². The SMILES string of the molecule is O=[N+]([O-])c1cc(Cl)ccc1OCCOc1ccccc1Cl. The molecule has 0 amide bonds. The van der Waals surface area contributed by atoms with E-state index in [9.17, 15) is 10.1 Å². The summed E-state index contributed by atoms with van der Waals surface area (Å²) < 4.78 is 10.8. The number of nitro groups is 1. The van der Waals surface area contributed by atoms with Crippen LogP contribution in [0, 0.1) is 10.1 Å². The maximum Gasteiger partial charge on any atom is 0.312 e. The average molecular weight is 328 g/mol. The highest BCUT2D eigenvalue weighted by molar-refractivity contribution is 6.32. The first kappa shape index (κ1) is 15.4. The summed E-state index contributed by atoms with van der Waals surface area (Å²) in [5, 5.41) is 11.7. The van der Waals surface area contributed by atoms with Gasteiger partial charge < -0.3 is 9.47 Å². The van der Waals surface area contributed by atoms with Crippen molar-refractivity contribution >= 4 is 28.9 Å². The van der Waals surface area contributed by atoms with Gasteiger partial charge in [-0.3, -0.25) is 10.1 Å². The van der Waals surface area contributed by atoms with Gasteiger partial charge in [0.05, 0.1) is 9.95 Å². The molecule has 0 fully saturated rings. The Balaban J connectivity index is 1.92. The van der Waals surface area contributed by atoms with Crippen molar-refractivity contribution in [2.45, 2.75) is 0 Å². The molecule has 0 spiro atoms. The molecule has 0 unspecified atom stereocenters. The van der Waals surface area contributed by atoms with Crippen molar-refractivity contribution in [2.75, 3.05) is 13.2 Å². The monoisotopic (exact) mass is 327 g/mol. The Bertz CT molecular complexity index is 649. The van der Waals surface area contributed by atoms with E-state index in [0.29, 0.717) is 10.8 Å². The highest BCUT2D eigenvalue weighted by Gasteiger charge is 2.15. The largest absolute Gasteiger partial charge is 0.488 e. The fourth-order valence-electron chi connectivity index (χ4n) is 1.62. The van der Waals surface area contributed by atoms with Gasteiger partial charge in [-0.1, -0.05) is 35.3 Å². The molecule has 0 aliphatic heterocycles. The molecule has 0 N–H and O–H groups in total. The number of nitrogens with zero attached hydrogens (tertiary/aromatic N) is 1. The van der Waals surface area contributed by atoms with Crippen molar-refractivity contribution < 1.29 is 14.4 Å². The molecular formula is C14H11Cl2NO4. The number of hydrogen-bond donors (Lipinski definition) is 0. The van der Waals surface area contributed by atoms with Gasteiger partial charge in [-0.15, -0.1) is 0 Å². The van der Waals surface area contributed by atoms with Crippen LogP contribution in [0.4, 0.5) is 5.69 Å². The van der Waals surface area contributed by atoms with Gasteiger partial charge in [-0.2, -0.15) is 0 Å². The lowest BCUT2D eigenvalue weighted by Crippen LogP contribution is -2.10. The lowest BCUT2D eigenvalue weighted by atomic mass is 10.3. The standard InChI is InChI=1S/C14H11Cl2NO4/c15-10-5-6-14(12(9-10)17(18)19)21-8-7-20-13-4-2-1-3-11(13)16/h1-6,9H,7-8H2. The molecule has 0 aromatic heterocycles. The van der Waals surface area contributed by atoms with Gasteiger partial charge in [0.1, 0.15) is 19.0 Å². The van der Waals surface area contributed by atoms with E-state index in [4.69, 9.17) is 32.7 Å². The van der Waals surface area contributed by atoms with Gasteiger partial charge in [-0.25, -0.2) is 0 Å². The second kappa shape index (κ2) is 7.15. The van der Waals surface area contributed by atoms with E-state index in [2.05, 4.69) is 0 Å². The van der Waals surface area contributed by atoms with Crippen LogP contribution in [0.5, 0.6) is 11.5 Å². The van der Waals surface area contributed by atoms with E-state index in [1.54, 1.807) is 24.3 Å². The molecule has 0 aliphatic carbocycles. The first-order chi connectivity index (χ1) is 10.1. The molecule has 0 radical (unpaired) electrons. The smallest absolute Gasteiger partial charge is 0.312 e. The molecule has 2 aromatic carbocycles. The third-order valence-electron chi connectivity index (χ3n) is 2.55. The first-order valence-electron chi connectivity index (χ1n) is 6.02. The number of hydrogen-bond acceptors (Lipinski definition) is 4. The molecule has 2 aromatic rings. The summed E-state index contributed by atoms with van der Waals surface area (Å²) in [6.07, 6.45) is 0. The third-order valence-corrected chi connectivity index (χ3v) is 3.10. The van der Waals surface area contributed by atoms with Gasteiger partial charge >= 0.3 is 5.69 Å². The molecule has 0 saturated carbocycles. The van der Waals surface area contributed by atoms with Crippen LogP contribution >= 0.6 is 23.2 Å². The fourth-order valence-corrected chi connectivity index (χ4v) is 1.98. The van der Waals surface area contributed by atoms with E-state index in [1.807, 2.05) is 0 Å². The molecule has 0 saturated heterocycles. The van der Waals surface area contributed by atoms with Crippen LogP contribution in [-0.2, 0) is 0 Å². The van der Waals surface area contributed by atoms with Crippen LogP contribution in [0.3, 0.4) is 0 Å². The molecule has 0 aliphatic rings. The summed E-state index contributed by atoms with van der Waals surface area (Å²) in [4.78, 5) is 10.3. The Labute approximate surface area is 131 Å². The zero-order valence-electron chi connectivity index (χ0n) is 10.8. The van der Waals surface area contributed by atoms with Gasteiger partial charge in [0.2, 0.25) is 0 Å². The van der Waals surface area contributed by atoms with Crippen LogP contribution < -0.4 is 9.47 Å². The van der Waals surface area contributed by atoms with Crippen molar-refractivity contribution in [3.8, 4) is 11.5 Å². The Hall–Kier alpha value is -1.98. The minimum absolute atomic E-state index is 0.146. The zero-order chi connectivity index (χ0) is 15.2. The van der Waals surface area contributed by atoms with Crippen LogP contribution in [0.25, 0.3) is 0 Å². The Morgan fingerprint density at radius 2 is 1.67 bits per heavy atom. The molecule has 110 valence electrons. The van der Waals surface area contributed by atoms with Crippen LogP contribution in [-0.4, -0.2) is 18.1 Å². The van der Waals surface area contributed by atoms with E-state index < -0.39 is 4.92 Å². The molecule has 0 heterocycles. The number of ether oxygens (including phenoxy) is 2. The molecule has 0 atom stereocenters. The number of benzene rings is 2. The molecule has 0 bridgehead atoms. The Kier molecular flexibility index (Phi) is 5.25. The predicted molar refractivity (Wildman–Crippen MR) is 80.5 cm³/mol. The predicted octanol–water partition coefficient (Wildman–Crippen LogP) is 4.36. The summed E-state index contributed by atoms with van der Waals surface area (Å²) in [7, 11) is 0. The normalized spacial score (nSPS) is 10.2. The van der Waals surface area contributed by atoms with Gasteiger partial charge in [0, 0.05) is 11.1 Å². The van der Waals surface area contributed by atoms with E-state index in [0.717, 1.165) is 0 Å². The average Bonchev–Trinajstić information content (AvgIpc) is 2.46. The Morgan fingerprint density at radius 1 is 1.00 bits per heavy atom. The summed E-state index contributed by atoms with van der Waals surface area (Å²) in [6.45, 7) is 0.358. The lowest BCUT2D eigenvalue weighted by Gasteiger charge is -2.09. The maximum absolute atomic E-state index is 10.9. The van der Waals surface area contributed by atoms with E-state index in [-0.39, 0.29) is 29.7 Å². The number of rotatable bonds is 6. The third kappa shape index (κ3) is 4.24. The van der Waals surface area contributed by atoms with Crippen molar-refractivity contribution in [2.24, 2.45) is 0 Å². The van der Waals surface area contributed by atoms with Crippen molar-refractivity contribution in [1.29, 1.82) is 0 Å². The summed E-state index contributed by atoms with van der Waals surface area (Å²) in [5.41, 5.74) is -0.180. The number of halogens is 2. The molecule has 5 nitrogen and oxygen atoms in total. The van der Waals surface area contributed by atoms with E-state index in [1.165, 1.54) is 18.2 Å². The molecular weight excluding hydrogens is 317 g/mol.